The third kappa shape index (κ3) is 3.83. The molecule has 3 nitrogen and oxygen atoms in total. The van der Waals surface area contributed by atoms with Gasteiger partial charge in [-0.05, 0) is 50.6 Å². The van der Waals surface area contributed by atoms with Gasteiger partial charge < -0.3 is 5.32 Å². The highest BCUT2D eigenvalue weighted by Crippen LogP contribution is 2.23. The Hall–Kier alpha value is -1.39. The van der Waals surface area contributed by atoms with Crippen LogP contribution < -0.4 is 5.32 Å². The van der Waals surface area contributed by atoms with Crippen LogP contribution in [0, 0.1) is 12.7 Å². The van der Waals surface area contributed by atoms with E-state index in [1.807, 2.05) is 11.6 Å². The Kier molecular flexibility index (Phi) is 5.37. The van der Waals surface area contributed by atoms with E-state index in [0.29, 0.717) is 0 Å². The minimum Gasteiger partial charge on any atom is -0.309 e. The highest BCUT2D eigenvalue weighted by Gasteiger charge is 2.17. The van der Waals surface area contributed by atoms with Crippen molar-refractivity contribution in [2.24, 2.45) is 0 Å². The van der Waals surface area contributed by atoms with Crippen LogP contribution in [0.4, 0.5) is 4.39 Å². The van der Waals surface area contributed by atoms with E-state index in [2.05, 4.69) is 30.3 Å². The van der Waals surface area contributed by atoms with Crippen LogP contribution in [-0.2, 0) is 13.0 Å². The summed E-state index contributed by atoms with van der Waals surface area (Å²) in [6.07, 6.45) is 0.749. The summed E-state index contributed by atoms with van der Waals surface area (Å²) < 4.78 is 15.3. The molecule has 0 spiro atoms. The normalized spacial score (nSPS) is 12.6. The molecular formula is C16H21ClFN3. The second kappa shape index (κ2) is 7.05. The standard InChI is InChI=1S/C16H21ClFN3/c1-4-19-15(16-8-11(3)20-21(16)5-2)10-12-6-7-14(18)13(17)9-12/h6-9,15,19H,4-5,10H2,1-3H3. The van der Waals surface area contributed by atoms with Crippen LogP contribution in [-0.4, -0.2) is 16.3 Å². The summed E-state index contributed by atoms with van der Waals surface area (Å²) in [5, 5.41) is 8.14. The van der Waals surface area contributed by atoms with E-state index >= 15 is 0 Å². The number of aromatic nitrogens is 2. The van der Waals surface area contributed by atoms with E-state index in [-0.39, 0.29) is 16.9 Å². The van der Waals surface area contributed by atoms with E-state index in [9.17, 15) is 4.39 Å². The topological polar surface area (TPSA) is 29.9 Å². The van der Waals surface area contributed by atoms with Crippen LogP contribution >= 0.6 is 11.6 Å². The molecule has 1 atom stereocenters. The Bertz CT molecular complexity index is 610. The molecule has 0 saturated carbocycles. The highest BCUT2D eigenvalue weighted by molar-refractivity contribution is 6.30. The maximum absolute atomic E-state index is 13.3. The molecular weight excluding hydrogens is 289 g/mol. The molecule has 1 unspecified atom stereocenters. The lowest BCUT2D eigenvalue weighted by atomic mass is 10.0. The van der Waals surface area contributed by atoms with E-state index in [1.165, 1.54) is 6.07 Å². The fourth-order valence-corrected chi connectivity index (χ4v) is 2.73. The maximum Gasteiger partial charge on any atom is 0.141 e. The molecule has 1 aromatic carbocycles. The first-order chi connectivity index (χ1) is 10.0. The van der Waals surface area contributed by atoms with Crippen molar-refractivity contribution in [1.82, 2.24) is 15.1 Å². The molecule has 2 rings (SSSR count). The zero-order chi connectivity index (χ0) is 15.4. The summed E-state index contributed by atoms with van der Waals surface area (Å²) in [6, 6.07) is 7.13. The average molecular weight is 310 g/mol. The number of likely N-dealkylation sites (N-methyl/N-ethyl adjacent to an activating group) is 1. The number of benzene rings is 1. The van der Waals surface area contributed by atoms with Crippen molar-refractivity contribution in [3.05, 3.63) is 52.1 Å². The number of rotatable bonds is 6. The Morgan fingerprint density at radius 3 is 2.71 bits per heavy atom. The van der Waals surface area contributed by atoms with Gasteiger partial charge in [-0.1, -0.05) is 24.6 Å². The largest absolute Gasteiger partial charge is 0.309 e. The molecule has 0 aliphatic carbocycles. The van der Waals surface area contributed by atoms with Gasteiger partial charge in [0.05, 0.1) is 22.5 Å². The smallest absolute Gasteiger partial charge is 0.141 e. The fraction of sp³-hybridized carbons (Fsp3) is 0.438. The summed E-state index contributed by atoms with van der Waals surface area (Å²) >= 11 is 5.87. The molecule has 5 heteroatoms. The molecule has 0 amide bonds. The van der Waals surface area contributed by atoms with Gasteiger partial charge in [-0.3, -0.25) is 4.68 Å². The van der Waals surface area contributed by atoms with Crippen LogP contribution in [0.15, 0.2) is 24.3 Å². The highest BCUT2D eigenvalue weighted by atomic mass is 35.5. The number of aryl methyl sites for hydroxylation is 2. The van der Waals surface area contributed by atoms with Crippen LogP contribution in [0.3, 0.4) is 0 Å². The van der Waals surface area contributed by atoms with Gasteiger partial charge in [0.2, 0.25) is 0 Å². The minimum atomic E-state index is -0.380. The third-order valence-corrected chi connectivity index (χ3v) is 3.75. The number of nitrogens with zero attached hydrogens (tertiary/aromatic N) is 2. The molecule has 1 heterocycles. The molecule has 0 saturated heterocycles. The summed E-state index contributed by atoms with van der Waals surface area (Å²) in [6.45, 7) is 7.83. The van der Waals surface area contributed by atoms with Crippen molar-refractivity contribution in [1.29, 1.82) is 0 Å². The van der Waals surface area contributed by atoms with E-state index < -0.39 is 0 Å². The van der Waals surface area contributed by atoms with Crippen molar-refractivity contribution in [2.45, 2.75) is 39.8 Å². The Morgan fingerprint density at radius 1 is 1.33 bits per heavy atom. The molecule has 0 aliphatic rings. The maximum atomic E-state index is 13.3. The molecule has 1 aromatic heterocycles. The molecule has 114 valence electrons. The lowest BCUT2D eigenvalue weighted by Gasteiger charge is -2.19. The monoisotopic (exact) mass is 309 g/mol. The Labute approximate surface area is 130 Å². The molecule has 0 bridgehead atoms. The van der Waals surface area contributed by atoms with Gasteiger partial charge in [0.25, 0.3) is 0 Å². The number of nitrogens with one attached hydrogen (secondary N) is 1. The van der Waals surface area contributed by atoms with Gasteiger partial charge in [-0.25, -0.2) is 4.39 Å². The van der Waals surface area contributed by atoms with Gasteiger partial charge in [-0.15, -0.1) is 0 Å². The Balaban J connectivity index is 2.27. The SMILES string of the molecule is CCNC(Cc1ccc(F)c(Cl)c1)c1cc(C)nn1CC. The van der Waals surface area contributed by atoms with E-state index in [1.54, 1.807) is 12.1 Å². The van der Waals surface area contributed by atoms with Gasteiger partial charge >= 0.3 is 0 Å². The second-order valence-corrected chi connectivity index (χ2v) is 5.50. The van der Waals surface area contributed by atoms with Crippen molar-refractivity contribution in [3.8, 4) is 0 Å². The molecule has 1 N–H and O–H groups in total. The Morgan fingerprint density at radius 2 is 2.10 bits per heavy atom. The van der Waals surface area contributed by atoms with Crippen molar-refractivity contribution < 1.29 is 4.39 Å². The number of hydrogen-bond acceptors (Lipinski definition) is 2. The zero-order valence-corrected chi connectivity index (χ0v) is 13.4. The number of hydrogen-bond donors (Lipinski definition) is 1. The quantitative estimate of drug-likeness (QED) is 0.877. The van der Waals surface area contributed by atoms with Crippen LogP contribution in [0.25, 0.3) is 0 Å². The van der Waals surface area contributed by atoms with E-state index in [4.69, 9.17) is 11.6 Å². The van der Waals surface area contributed by atoms with Crippen LogP contribution in [0.2, 0.25) is 5.02 Å². The first-order valence-corrected chi connectivity index (χ1v) is 7.64. The first-order valence-electron chi connectivity index (χ1n) is 7.26. The second-order valence-electron chi connectivity index (χ2n) is 5.09. The van der Waals surface area contributed by atoms with Crippen molar-refractivity contribution in [2.75, 3.05) is 6.54 Å². The predicted octanol–water partition coefficient (Wildman–Crippen LogP) is 3.90. The van der Waals surface area contributed by atoms with Crippen LogP contribution in [0.5, 0.6) is 0 Å². The predicted molar refractivity (Wildman–Crippen MR) is 84.2 cm³/mol. The lowest BCUT2D eigenvalue weighted by Crippen LogP contribution is -2.25. The van der Waals surface area contributed by atoms with Gasteiger partial charge in [0.15, 0.2) is 0 Å². The van der Waals surface area contributed by atoms with Gasteiger partial charge in [0.1, 0.15) is 5.82 Å². The molecule has 0 radical (unpaired) electrons. The summed E-state index contributed by atoms with van der Waals surface area (Å²) in [7, 11) is 0. The zero-order valence-electron chi connectivity index (χ0n) is 12.7. The van der Waals surface area contributed by atoms with Crippen molar-refractivity contribution in [3.63, 3.8) is 0 Å². The van der Waals surface area contributed by atoms with Gasteiger partial charge in [-0.2, -0.15) is 5.10 Å². The minimum absolute atomic E-state index is 0.137. The van der Waals surface area contributed by atoms with Crippen LogP contribution in [0.1, 0.15) is 36.8 Å². The molecule has 21 heavy (non-hydrogen) atoms. The molecule has 0 fully saturated rings. The summed E-state index contributed by atoms with van der Waals surface area (Å²) in [5.74, 6) is -0.380. The molecule has 2 aromatic rings. The molecule has 0 aliphatic heterocycles. The average Bonchev–Trinajstić information content (AvgIpc) is 2.83. The number of halogens is 2. The first kappa shape index (κ1) is 16.0. The lowest BCUT2D eigenvalue weighted by molar-refractivity contribution is 0.489. The summed E-state index contributed by atoms with van der Waals surface area (Å²) in [5.41, 5.74) is 3.16. The van der Waals surface area contributed by atoms with Crippen molar-refractivity contribution >= 4 is 11.6 Å². The van der Waals surface area contributed by atoms with E-state index in [0.717, 1.165) is 36.5 Å². The third-order valence-electron chi connectivity index (χ3n) is 3.46. The summed E-state index contributed by atoms with van der Waals surface area (Å²) in [4.78, 5) is 0. The fourth-order valence-electron chi connectivity index (χ4n) is 2.53. The van der Waals surface area contributed by atoms with Gasteiger partial charge in [0, 0.05) is 6.54 Å².